The van der Waals surface area contributed by atoms with Crippen LogP contribution >= 0.6 is 31.7 Å². The number of nitrogens with one attached hydrogen (secondary N) is 4. The van der Waals surface area contributed by atoms with Crippen LogP contribution in [0.4, 0.5) is 0 Å². The van der Waals surface area contributed by atoms with Crippen molar-refractivity contribution >= 4 is 69.3 Å². The molecule has 0 aliphatic rings. The maximum atomic E-state index is 5.86. The first kappa shape index (κ1) is 31.6. The third kappa shape index (κ3) is 7.83. The Labute approximate surface area is 275 Å². The third-order valence-corrected chi connectivity index (χ3v) is 11.7. The Bertz CT molecular complexity index is 1660. The second-order valence-electron chi connectivity index (χ2n) is 9.81. The second kappa shape index (κ2) is 15.8. The van der Waals surface area contributed by atoms with Gasteiger partial charge >= 0.3 is 0 Å². The number of aromatic nitrogens is 1. The largest absolute Gasteiger partial charge is 0.364 e. The topological polar surface area (TPSA) is 85.7 Å². The minimum absolute atomic E-state index is 0.372. The number of pyridine rings is 1. The number of hydrazone groups is 2. The lowest BCUT2D eigenvalue weighted by atomic mass is 10.0. The lowest BCUT2D eigenvalue weighted by molar-refractivity contribution is 0.958. The molecule has 0 amide bonds. The summed E-state index contributed by atoms with van der Waals surface area (Å²) in [7, 11) is -0.424. The van der Waals surface area contributed by atoms with E-state index >= 15 is 0 Å². The van der Waals surface area contributed by atoms with Crippen LogP contribution in [0.15, 0.2) is 156 Å². The van der Waals surface area contributed by atoms with Crippen molar-refractivity contribution in [2.45, 2.75) is 0 Å². The molecule has 0 aliphatic heterocycles. The molecule has 0 atom stereocenters. The zero-order chi connectivity index (χ0) is 31.3. The van der Waals surface area contributed by atoms with Gasteiger partial charge in [0.15, 0.2) is 10.2 Å². The maximum absolute atomic E-state index is 5.86. The van der Waals surface area contributed by atoms with E-state index in [0.717, 1.165) is 11.1 Å². The summed E-state index contributed by atoms with van der Waals surface area (Å²) < 4.78 is 0. The number of benzene rings is 4. The van der Waals surface area contributed by atoms with E-state index in [-0.39, 0.29) is 0 Å². The van der Waals surface area contributed by atoms with E-state index in [9.17, 15) is 0 Å². The fraction of sp³-hybridized carbons (Fsp3) is 0.0571. The van der Waals surface area contributed by atoms with E-state index < -0.39 is 7.26 Å². The minimum atomic E-state index is -2.16. The van der Waals surface area contributed by atoms with E-state index in [2.05, 4.69) is 104 Å². The van der Waals surface area contributed by atoms with Crippen molar-refractivity contribution in [1.82, 2.24) is 26.5 Å². The molecule has 10 heteroatoms. The van der Waals surface area contributed by atoms with Gasteiger partial charge in [0.2, 0.25) is 0 Å². The summed E-state index contributed by atoms with van der Waals surface area (Å²) in [6.45, 7) is 0. The number of hydrogen-bond acceptors (Lipinski definition) is 5. The number of rotatable bonds is 10. The third-order valence-electron chi connectivity index (χ3n) is 7.04. The lowest BCUT2D eigenvalue weighted by Gasteiger charge is -2.28. The van der Waals surface area contributed by atoms with Gasteiger partial charge < -0.3 is 10.6 Å². The molecule has 224 valence electrons. The summed E-state index contributed by atoms with van der Waals surface area (Å²) in [5, 5.41) is 20.4. The SMILES string of the molecule is CNC(=S)N/N=C(/C(=N/NC(=S)NC[P+](c1ccccc1)(c1ccccc1)c1ccccc1)c1ccccc1)c1cccnc1. The van der Waals surface area contributed by atoms with Gasteiger partial charge in [-0.1, -0.05) is 84.9 Å². The Balaban J connectivity index is 1.51. The molecule has 1 aromatic heterocycles. The van der Waals surface area contributed by atoms with Gasteiger partial charge in [-0.05, 0) is 73.0 Å². The van der Waals surface area contributed by atoms with Gasteiger partial charge in [-0.2, -0.15) is 10.2 Å². The maximum Gasteiger partial charge on any atom is 0.189 e. The Morgan fingerprint density at radius 1 is 0.600 bits per heavy atom. The number of nitrogens with zero attached hydrogens (tertiary/aromatic N) is 3. The van der Waals surface area contributed by atoms with E-state index in [1.54, 1.807) is 19.4 Å². The van der Waals surface area contributed by atoms with Gasteiger partial charge in [-0.15, -0.1) is 0 Å². The number of thiocarbonyl (C=S) groups is 2. The van der Waals surface area contributed by atoms with Crippen LogP contribution in [0.5, 0.6) is 0 Å². The highest BCUT2D eigenvalue weighted by atomic mass is 32.1. The molecule has 1 heterocycles. The van der Waals surface area contributed by atoms with Crippen LogP contribution in [0.3, 0.4) is 0 Å². The Morgan fingerprint density at radius 3 is 1.51 bits per heavy atom. The van der Waals surface area contributed by atoms with Crippen molar-refractivity contribution < 1.29 is 0 Å². The average Bonchev–Trinajstić information content (AvgIpc) is 3.12. The van der Waals surface area contributed by atoms with Crippen LogP contribution in [0.1, 0.15) is 11.1 Å². The summed E-state index contributed by atoms with van der Waals surface area (Å²) in [6, 6.07) is 45.5. The van der Waals surface area contributed by atoms with Crippen LogP contribution in [0.25, 0.3) is 0 Å². The zero-order valence-electron chi connectivity index (χ0n) is 24.7. The van der Waals surface area contributed by atoms with Crippen LogP contribution < -0.4 is 37.4 Å². The predicted molar refractivity (Wildman–Crippen MR) is 197 cm³/mol. The molecule has 0 saturated heterocycles. The molecule has 0 radical (unpaired) electrons. The van der Waals surface area contributed by atoms with Gasteiger partial charge in [0, 0.05) is 30.6 Å². The van der Waals surface area contributed by atoms with Crippen molar-refractivity contribution in [3.8, 4) is 0 Å². The Kier molecular flexibility index (Phi) is 11.1. The fourth-order valence-corrected chi connectivity index (χ4v) is 9.03. The molecule has 7 nitrogen and oxygen atoms in total. The molecule has 0 unspecified atom stereocenters. The van der Waals surface area contributed by atoms with Crippen LogP contribution in [-0.2, 0) is 0 Å². The highest BCUT2D eigenvalue weighted by Gasteiger charge is 2.45. The molecular weight excluding hydrogens is 614 g/mol. The predicted octanol–water partition coefficient (Wildman–Crippen LogP) is 4.70. The highest BCUT2D eigenvalue weighted by molar-refractivity contribution is 7.95. The molecule has 5 rings (SSSR count). The van der Waals surface area contributed by atoms with Gasteiger partial charge in [0.25, 0.3) is 0 Å². The second-order valence-corrected chi connectivity index (χ2v) is 14.1. The van der Waals surface area contributed by atoms with Crippen LogP contribution in [0.2, 0.25) is 0 Å². The molecule has 4 aromatic carbocycles. The van der Waals surface area contributed by atoms with Gasteiger partial charge in [0.05, 0.1) is 0 Å². The van der Waals surface area contributed by atoms with Crippen molar-refractivity contribution in [3.05, 3.63) is 157 Å². The minimum Gasteiger partial charge on any atom is -0.364 e. The molecule has 45 heavy (non-hydrogen) atoms. The molecule has 0 bridgehead atoms. The summed E-state index contributed by atoms with van der Waals surface area (Å²) in [5.74, 6) is 0. The summed E-state index contributed by atoms with van der Waals surface area (Å²) in [5.41, 5.74) is 8.71. The van der Waals surface area contributed by atoms with Crippen molar-refractivity contribution in [2.75, 3.05) is 13.3 Å². The first-order valence-electron chi connectivity index (χ1n) is 14.3. The normalized spacial score (nSPS) is 11.8. The molecule has 0 fully saturated rings. The van der Waals surface area contributed by atoms with Crippen molar-refractivity contribution in [3.63, 3.8) is 0 Å². The van der Waals surface area contributed by atoms with Crippen molar-refractivity contribution in [1.29, 1.82) is 0 Å². The van der Waals surface area contributed by atoms with E-state index in [1.165, 1.54) is 15.9 Å². The molecule has 0 spiro atoms. The van der Waals surface area contributed by atoms with Gasteiger partial charge in [-0.25, -0.2) is 0 Å². The quantitative estimate of drug-likeness (QED) is 0.0758. The summed E-state index contributed by atoms with van der Waals surface area (Å²) >= 11 is 11.2. The van der Waals surface area contributed by atoms with Crippen molar-refractivity contribution in [2.24, 2.45) is 10.2 Å². The first-order chi connectivity index (χ1) is 22.1. The van der Waals surface area contributed by atoms with Crippen LogP contribution in [0, 0.1) is 0 Å². The van der Waals surface area contributed by atoms with Gasteiger partial charge in [0.1, 0.15) is 40.9 Å². The smallest absolute Gasteiger partial charge is 0.189 e. The fourth-order valence-electron chi connectivity index (χ4n) is 4.87. The Hall–Kier alpha value is -4.82. The van der Waals surface area contributed by atoms with Gasteiger partial charge in [-0.3, -0.25) is 15.8 Å². The molecule has 5 aromatic rings. The van der Waals surface area contributed by atoms with E-state index in [4.69, 9.17) is 29.5 Å². The highest BCUT2D eigenvalue weighted by Crippen LogP contribution is 2.54. The molecule has 0 saturated carbocycles. The molecule has 0 aliphatic carbocycles. The summed E-state index contributed by atoms with van der Waals surface area (Å²) in [6.07, 6.45) is 4.04. The number of hydrogen-bond donors (Lipinski definition) is 4. The molecular formula is C35H33N7PS2+. The monoisotopic (exact) mass is 646 g/mol. The lowest BCUT2D eigenvalue weighted by Crippen LogP contribution is -2.42. The first-order valence-corrected chi connectivity index (χ1v) is 17.1. The molecule has 4 N–H and O–H groups in total. The van der Waals surface area contributed by atoms with Crippen LogP contribution in [-0.4, -0.2) is 40.0 Å². The standard InChI is InChI=1S/C35H32N7PS2/c1-36-34(44)41-40-33(28-17-14-24-37-25-28)32(27-15-6-2-7-16-27)39-42-35(45)38-26-43(29-18-8-3-9-19-29,30-20-10-4-11-21-30)31-22-12-5-13-23-31/h2-25H,26H2,1H3,(H3-,36,38,39,40,41,42,44,45)/p+1. The summed E-state index contributed by atoms with van der Waals surface area (Å²) in [4.78, 5) is 4.30. The Morgan fingerprint density at radius 2 is 1.04 bits per heavy atom. The average molecular weight is 647 g/mol. The zero-order valence-corrected chi connectivity index (χ0v) is 27.2. The van der Waals surface area contributed by atoms with E-state index in [1.807, 2.05) is 60.7 Å². The van der Waals surface area contributed by atoms with E-state index in [0.29, 0.717) is 27.9 Å².